The van der Waals surface area contributed by atoms with Crippen LogP contribution in [0.4, 0.5) is 0 Å². The molecule has 0 spiro atoms. The smallest absolute Gasteiger partial charge is 0.339 e. The number of carboxylic acid groups (broad SMARTS) is 1. The average molecular weight is 454 g/mol. The van der Waals surface area contributed by atoms with Crippen LogP contribution >= 0.6 is 0 Å². The monoisotopic (exact) mass is 452 g/mol. The number of hydrogen-bond donors (Lipinski definition) is 2. The van der Waals surface area contributed by atoms with E-state index in [9.17, 15) is 15.0 Å². The van der Waals surface area contributed by atoms with Crippen molar-refractivity contribution in [2.45, 2.75) is 45.4 Å². The van der Waals surface area contributed by atoms with Gasteiger partial charge in [0.15, 0.2) is 0 Å². The Labute approximate surface area is 191 Å². The van der Waals surface area contributed by atoms with Crippen molar-refractivity contribution in [1.82, 2.24) is 0 Å². The third-order valence-electron chi connectivity index (χ3n) is 6.11. The van der Waals surface area contributed by atoms with Crippen LogP contribution < -0.4 is 0 Å². The molecule has 0 aliphatic carbocycles. The molecule has 0 saturated carbocycles. The zero-order chi connectivity index (χ0) is 21.4. The number of hydrogen-bond acceptors (Lipinski definition) is 2. The van der Waals surface area contributed by atoms with E-state index < -0.39 is 16.8 Å². The van der Waals surface area contributed by atoms with E-state index in [-0.39, 0.29) is 30.8 Å². The van der Waals surface area contributed by atoms with Crippen LogP contribution in [-0.2, 0) is 30.3 Å². The maximum absolute atomic E-state index is 12.1. The maximum atomic E-state index is 12.1. The molecular formula is C26H28O3Zn. The Balaban J connectivity index is 0.00000320. The molecule has 0 radical (unpaired) electrons. The fraction of sp³-hybridized carbons (Fsp3) is 0.269. The first-order chi connectivity index (χ1) is 13.6. The van der Waals surface area contributed by atoms with Gasteiger partial charge in [0, 0.05) is 35.9 Å². The van der Waals surface area contributed by atoms with Crippen LogP contribution in [0.3, 0.4) is 0 Å². The van der Waals surface area contributed by atoms with Crippen molar-refractivity contribution in [3.8, 4) is 5.75 Å². The summed E-state index contributed by atoms with van der Waals surface area (Å²) in [5.74, 6) is -1.27. The zero-order valence-electron chi connectivity index (χ0n) is 18.4. The van der Waals surface area contributed by atoms with Gasteiger partial charge in [-0.25, -0.2) is 4.79 Å². The zero-order valence-corrected chi connectivity index (χ0v) is 21.3. The van der Waals surface area contributed by atoms with Crippen LogP contribution in [0.2, 0.25) is 0 Å². The quantitative estimate of drug-likeness (QED) is 0.462. The summed E-state index contributed by atoms with van der Waals surface area (Å²) in [5, 5.41) is 20.9. The second kappa shape index (κ2) is 8.73. The summed E-state index contributed by atoms with van der Waals surface area (Å²) < 4.78 is 0. The Morgan fingerprint density at radius 2 is 1.17 bits per heavy atom. The van der Waals surface area contributed by atoms with Gasteiger partial charge in [0.1, 0.15) is 11.3 Å². The molecule has 3 rings (SSSR count). The van der Waals surface area contributed by atoms with Crippen LogP contribution in [0, 0.1) is 6.92 Å². The van der Waals surface area contributed by atoms with Crippen LogP contribution in [0.25, 0.3) is 0 Å². The van der Waals surface area contributed by atoms with Gasteiger partial charge in [-0.3, -0.25) is 0 Å². The Bertz CT molecular complexity index is 963. The van der Waals surface area contributed by atoms with Gasteiger partial charge in [-0.1, -0.05) is 94.4 Å². The average Bonchev–Trinajstić information content (AvgIpc) is 2.68. The van der Waals surface area contributed by atoms with Crippen molar-refractivity contribution in [2.24, 2.45) is 0 Å². The molecule has 152 valence electrons. The summed E-state index contributed by atoms with van der Waals surface area (Å²) in [6.45, 7) is 9.98. The first-order valence-electron chi connectivity index (χ1n) is 9.80. The summed E-state index contributed by atoms with van der Waals surface area (Å²) in [7, 11) is 0. The topological polar surface area (TPSA) is 57.5 Å². The number of aromatic hydroxyl groups is 1. The number of aromatic carboxylic acids is 1. The number of rotatable bonds is 5. The molecule has 0 fully saturated rings. The predicted molar refractivity (Wildman–Crippen MR) is 117 cm³/mol. The van der Waals surface area contributed by atoms with E-state index in [1.165, 1.54) is 0 Å². The fourth-order valence-electron chi connectivity index (χ4n) is 4.18. The third kappa shape index (κ3) is 4.07. The van der Waals surface area contributed by atoms with Crippen molar-refractivity contribution in [3.63, 3.8) is 0 Å². The normalized spacial score (nSPS) is 11.6. The van der Waals surface area contributed by atoms with Crippen LogP contribution in [-0.4, -0.2) is 16.2 Å². The molecule has 0 atom stereocenters. The van der Waals surface area contributed by atoms with Crippen molar-refractivity contribution >= 4 is 5.97 Å². The first-order valence-corrected chi connectivity index (χ1v) is 9.80. The number of carboxylic acids is 1. The molecule has 4 heteroatoms. The van der Waals surface area contributed by atoms with Gasteiger partial charge in [0.2, 0.25) is 0 Å². The molecular weight excluding hydrogens is 426 g/mol. The first kappa shape index (κ1) is 23.8. The van der Waals surface area contributed by atoms with E-state index in [2.05, 4.69) is 26.0 Å². The molecule has 0 amide bonds. The minimum Gasteiger partial charge on any atom is -0.507 e. The van der Waals surface area contributed by atoms with Crippen LogP contribution in [0.5, 0.6) is 5.75 Å². The van der Waals surface area contributed by atoms with Crippen molar-refractivity contribution in [1.29, 1.82) is 0 Å². The van der Waals surface area contributed by atoms with Gasteiger partial charge in [0.05, 0.1) is 0 Å². The van der Waals surface area contributed by atoms with Crippen molar-refractivity contribution in [3.05, 3.63) is 100 Å². The Morgan fingerprint density at radius 1 is 0.767 bits per heavy atom. The summed E-state index contributed by atoms with van der Waals surface area (Å²) >= 11 is 0. The summed E-state index contributed by atoms with van der Waals surface area (Å²) in [5.41, 5.74) is 3.20. The molecule has 3 aromatic carbocycles. The molecule has 0 aliphatic heterocycles. The molecule has 2 N–H and O–H groups in total. The van der Waals surface area contributed by atoms with Gasteiger partial charge in [0.25, 0.3) is 0 Å². The number of phenols is 1. The van der Waals surface area contributed by atoms with Crippen LogP contribution in [0.1, 0.15) is 65.9 Å². The molecule has 0 aliphatic rings. The molecule has 0 bridgehead atoms. The Hall–Kier alpha value is -2.45. The second-order valence-corrected chi connectivity index (χ2v) is 8.61. The van der Waals surface area contributed by atoms with Gasteiger partial charge in [-0.2, -0.15) is 0 Å². The van der Waals surface area contributed by atoms with E-state index in [1.54, 1.807) is 6.92 Å². The minimum atomic E-state index is -1.11. The van der Waals surface area contributed by atoms with Crippen molar-refractivity contribution in [2.75, 3.05) is 0 Å². The molecule has 0 unspecified atom stereocenters. The molecule has 0 heterocycles. The number of carbonyl (C=O) groups is 1. The van der Waals surface area contributed by atoms with Crippen molar-refractivity contribution < 1.29 is 34.5 Å². The summed E-state index contributed by atoms with van der Waals surface area (Å²) in [4.78, 5) is 12.1. The maximum Gasteiger partial charge on any atom is 0.339 e. The van der Waals surface area contributed by atoms with Gasteiger partial charge >= 0.3 is 5.97 Å². The molecule has 3 aromatic rings. The molecule has 3 nitrogen and oxygen atoms in total. The van der Waals surface area contributed by atoms with Gasteiger partial charge in [-0.15, -0.1) is 0 Å². The predicted octanol–water partition coefficient (Wildman–Crippen LogP) is 6.05. The Kier molecular flexibility index (Phi) is 6.94. The second-order valence-electron chi connectivity index (χ2n) is 8.61. The Morgan fingerprint density at radius 3 is 1.57 bits per heavy atom. The van der Waals surface area contributed by atoms with Gasteiger partial charge in [-0.05, 0) is 29.2 Å². The minimum absolute atomic E-state index is 0. The van der Waals surface area contributed by atoms with E-state index >= 15 is 0 Å². The molecule has 30 heavy (non-hydrogen) atoms. The SMILES string of the molecule is Cc1c(C(C)(C)c2ccccc2)cc(C(C)(C)c2ccccc2)c(O)c1C(=O)O.[Zn]. The standard InChI is InChI=1S/C26H28O3.Zn/c1-17-20(25(2,3)18-12-8-6-9-13-18)16-21(23(27)22(17)24(28)29)26(4,5)19-14-10-7-11-15-19;/h6-16,27H,1-5H3,(H,28,29);. The molecule has 0 aromatic heterocycles. The third-order valence-corrected chi connectivity index (χ3v) is 6.11. The summed E-state index contributed by atoms with van der Waals surface area (Å²) in [6, 6.07) is 21.9. The fourth-order valence-corrected chi connectivity index (χ4v) is 4.18. The molecule has 0 saturated heterocycles. The van der Waals surface area contributed by atoms with E-state index in [0.717, 1.165) is 16.7 Å². The van der Waals surface area contributed by atoms with Crippen LogP contribution in [0.15, 0.2) is 66.7 Å². The van der Waals surface area contributed by atoms with E-state index in [0.29, 0.717) is 11.1 Å². The largest absolute Gasteiger partial charge is 0.507 e. The van der Waals surface area contributed by atoms with E-state index in [4.69, 9.17) is 0 Å². The van der Waals surface area contributed by atoms with E-state index in [1.807, 2.05) is 68.4 Å². The van der Waals surface area contributed by atoms with Gasteiger partial charge < -0.3 is 10.2 Å². The summed E-state index contributed by atoms with van der Waals surface area (Å²) in [6.07, 6.45) is 0. The number of benzene rings is 3.